The summed E-state index contributed by atoms with van der Waals surface area (Å²) < 4.78 is 1.80. The van der Waals surface area contributed by atoms with Crippen LogP contribution in [-0.2, 0) is 11.3 Å². The molecule has 0 aromatic carbocycles. The number of carbonyl (C=O) groups is 2. The van der Waals surface area contributed by atoms with Crippen LogP contribution in [0.3, 0.4) is 0 Å². The Labute approximate surface area is 145 Å². The number of aromatic nitrogens is 2. The van der Waals surface area contributed by atoms with Gasteiger partial charge in [-0.05, 0) is 37.3 Å². The number of likely N-dealkylation sites (tertiary alicyclic amines) is 1. The molecule has 2 aromatic heterocycles. The van der Waals surface area contributed by atoms with Crippen LogP contribution < -0.4 is 5.32 Å². The molecule has 0 radical (unpaired) electrons. The Balaban J connectivity index is 1.54. The molecule has 0 saturated carbocycles. The van der Waals surface area contributed by atoms with E-state index in [9.17, 15) is 9.59 Å². The standard InChI is InChI=1S/C17H22N4O2S/c1-13(11-21-9-4-7-18-21)19-16(22)14-5-2-8-20(12-14)17(23)15-6-3-10-24-15/h3-4,6-7,9-10,13-14H,2,5,8,11-12H2,1H3,(H,19,22). The zero-order valence-electron chi connectivity index (χ0n) is 13.7. The number of rotatable bonds is 5. The van der Waals surface area contributed by atoms with Crippen molar-refractivity contribution in [2.75, 3.05) is 13.1 Å². The molecule has 1 aliphatic heterocycles. The third-order valence-corrected chi connectivity index (χ3v) is 5.08. The topological polar surface area (TPSA) is 67.2 Å². The van der Waals surface area contributed by atoms with E-state index in [4.69, 9.17) is 0 Å². The molecule has 2 atom stereocenters. The van der Waals surface area contributed by atoms with Crippen molar-refractivity contribution in [2.24, 2.45) is 5.92 Å². The molecule has 128 valence electrons. The van der Waals surface area contributed by atoms with Gasteiger partial charge < -0.3 is 10.2 Å². The highest BCUT2D eigenvalue weighted by molar-refractivity contribution is 7.12. The fraction of sp³-hybridized carbons (Fsp3) is 0.471. The molecule has 3 heterocycles. The minimum Gasteiger partial charge on any atom is -0.351 e. The van der Waals surface area contributed by atoms with Gasteiger partial charge in [-0.2, -0.15) is 5.10 Å². The summed E-state index contributed by atoms with van der Waals surface area (Å²) in [5, 5.41) is 9.10. The smallest absolute Gasteiger partial charge is 0.263 e. The summed E-state index contributed by atoms with van der Waals surface area (Å²) in [4.78, 5) is 27.5. The molecule has 3 rings (SSSR count). The molecule has 1 saturated heterocycles. The van der Waals surface area contributed by atoms with Crippen LogP contribution in [0.2, 0.25) is 0 Å². The summed E-state index contributed by atoms with van der Waals surface area (Å²) in [5.41, 5.74) is 0. The van der Waals surface area contributed by atoms with Crippen LogP contribution >= 0.6 is 11.3 Å². The molecule has 1 N–H and O–H groups in total. The van der Waals surface area contributed by atoms with E-state index in [1.165, 1.54) is 11.3 Å². The van der Waals surface area contributed by atoms with Gasteiger partial charge in [0.05, 0.1) is 17.3 Å². The number of nitrogens with zero attached hydrogens (tertiary/aromatic N) is 3. The third-order valence-electron chi connectivity index (χ3n) is 4.22. The molecular weight excluding hydrogens is 324 g/mol. The molecule has 6 nitrogen and oxygen atoms in total. The van der Waals surface area contributed by atoms with Crippen molar-refractivity contribution in [2.45, 2.75) is 32.4 Å². The van der Waals surface area contributed by atoms with Gasteiger partial charge in [-0.3, -0.25) is 14.3 Å². The zero-order valence-corrected chi connectivity index (χ0v) is 14.5. The second kappa shape index (κ2) is 7.61. The van der Waals surface area contributed by atoms with E-state index in [0.29, 0.717) is 13.1 Å². The lowest BCUT2D eigenvalue weighted by Gasteiger charge is -2.32. The number of carbonyl (C=O) groups excluding carboxylic acids is 2. The van der Waals surface area contributed by atoms with Gasteiger partial charge in [0.2, 0.25) is 5.91 Å². The van der Waals surface area contributed by atoms with E-state index in [1.54, 1.807) is 15.8 Å². The van der Waals surface area contributed by atoms with Gasteiger partial charge in [-0.15, -0.1) is 11.3 Å². The van der Waals surface area contributed by atoms with Crippen molar-refractivity contribution in [3.63, 3.8) is 0 Å². The predicted molar refractivity (Wildman–Crippen MR) is 92.8 cm³/mol. The first-order valence-electron chi connectivity index (χ1n) is 8.24. The van der Waals surface area contributed by atoms with Gasteiger partial charge in [0.25, 0.3) is 5.91 Å². The summed E-state index contributed by atoms with van der Waals surface area (Å²) in [6, 6.07) is 5.58. The van der Waals surface area contributed by atoms with Gasteiger partial charge >= 0.3 is 0 Å². The normalized spacial score (nSPS) is 19.0. The maximum Gasteiger partial charge on any atom is 0.263 e. The molecule has 0 spiro atoms. The fourth-order valence-corrected chi connectivity index (χ4v) is 3.72. The summed E-state index contributed by atoms with van der Waals surface area (Å²) in [6.07, 6.45) is 5.30. The molecule has 2 unspecified atom stereocenters. The van der Waals surface area contributed by atoms with Crippen LogP contribution in [0.15, 0.2) is 36.0 Å². The van der Waals surface area contributed by atoms with Crippen LogP contribution in [0, 0.1) is 5.92 Å². The van der Waals surface area contributed by atoms with E-state index in [2.05, 4.69) is 10.4 Å². The lowest BCUT2D eigenvalue weighted by Crippen LogP contribution is -2.47. The van der Waals surface area contributed by atoms with Gasteiger partial charge in [-0.1, -0.05) is 6.07 Å². The Morgan fingerprint density at radius 2 is 2.33 bits per heavy atom. The summed E-state index contributed by atoms with van der Waals surface area (Å²) in [7, 11) is 0. The van der Waals surface area contributed by atoms with Crippen LogP contribution in [0.4, 0.5) is 0 Å². The average molecular weight is 346 g/mol. The van der Waals surface area contributed by atoms with Crippen molar-refractivity contribution in [3.8, 4) is 0 Å². The lowest BCUT2D eigenvalue weighted by molar-refractivity contribution is -0.127. The Kier molecular flexibility index (Phi) is 5.30. The quantitative estimate of drug-likeness (QED) is 0.900. The van der Waals surface area contributed by atoms with Gasteiger partial charge in [0.1, 0.15) is 0 Å². The Hall–Kier alpha value is -2.15. The Morgan fingerprint density at radius 3 is 3.04 bits per heavy atom. The van der Waals surface area contributed by atoms with Crippen molar-refractivity contribution >= 4 is 23.2 Å². The number of amides is 2. The number of piperidine rings is 1. The van der Waals surface area contributed by atoms with Crippen LogP contribution in [0.1, 0.15) is 29.4 Å². The SMILES string of the molecule is CC(Cn1cccn1)NC(=O)C1CCCN(C(=O)c2cccs2)C1. The highest BCUT2D eigenvalue weighted by atomic mass is 32.1. The van der Waals surface area contributed by atoms with Crippen molar-refractivity contribution in [3.05, 3.63) is 40.8 Å². The van der Waals surface area contributed by atoms with E-state index in [-0.39, 0.29) is 23.8 Å². The number of thiophene rings is 1. The van der Waals surface area contributed by atoms with E-state index in [1.807, 2.05) is 36.7 Å². The first-order valence-corrected chi connectivity index (χ1v) is 9.12. The molecule has 0 bridgehead atoms. The van der Waals surface area contributed by atoms with Crippen LogP contribution in [-0.4, -0.2) is 45.6 Å². The molecule has 24 heavy (non-hydrogen) atoms. The molecule has 0 aliphatic carbocycles. The molecular formula is C17H22N4O2S. The van der Waals surface area contributed by atoms with Gasteiger partial charge in [-0.25, -0.2) is 0 Å². The first-order chi connectivity index (χ1) is 11.6. The van der Waals surface area contributed by atoms with Crippen molar-refractivity contribution in [1.29, 1.82) is 0 Å². The number of hydrogen-bond donors (Lipinski definition) is 1. The lowest BCUT2D eigenvalue weighted by atomic mass is 9.96. The van der Waals surface area contributed by atoms with Gasteiger partial charge in [0.15, 0.2) is 0 Å². The van der Waals surface area contributed by atoms with Crippen LogP contribution in [0.25, 0.3) is 0 Å². The van der Waals surface area contributed by atoms with Crippen LogP contribution in [0.5, 0.6) is 0 Å². The molecule has 2 aromatic rings. The molecule has 1 aliphatic rings. The van der Waals surface area contributed by atoms with E-state index < -0.39 is 0 Å². The third kappa shape index (κ3) is 4.03. The van der Waals surface area contributed by atoms with Crippen molar-refractivity contribution < 1.29 is 9.59 Å². The second-order valence-corrected chi connectivity index (χ2v) is 7.15. The highest BCUT2D eigenvalue weighted by Crippen LogP contribution is 2.20. The van der Waals surface area contributed by atoms with Crippen molar-refractivity contribution in [1.82, 2.24) is 20.0 Å². The predicted octanol–water partition coefficient (Wildman–Crippen LogP) is 2.00. The minimum absolute atomic E-state index is 0.000717. The molecule has 2 amide bonds. The Bertz CT molecular complexity index is 669. The van der Waals surface area contributed by atoms with Gasteiger partial charge in [0, 0.05) is 31.5 Å². The summed E-state index contributed by atoms with van der Waals surface area (Å²) >= 11 is 1.45. The summed E-state index contributed by atoms with van der Waals surface area (Å²) in [5.74, 6) is -0.0758. The average Bonchev–Trinajstić information content (AvgIpc) is 3.27. The highest BCUT2D eigenvalue weighted by Gasteiger charge is 2.29. The zero-order chi connectivity index (χ0) is 16.9. The fourth-order valence-electron chi connectivity index (χ4n) is 3.03. The largest absolute Gasteiger partial charge is 0.351 e. The Morgan fingerprint density at radius 1 is 1.46 bits per heavy atom. The maximum absolute atomic E-state index is 12.5. The van der Waals surface area contributed by atoms with E-state index >= 15 is 0 Å². The maximum atomic E-state index is 12.5. The number of nitrogens with one attached hydrogen (secondary N) is 1. The summed E-state index contributed by atoms with van der Waals surface area (Å²) in [6.45, 7) is 3.83. The van der Waals surface area contributed by atoms with E-state index in [0.717, 1.165) is 24.3 Å². The monoisotopic (exact) mass is 346 g/mol. The first kappa shape index (κ1) is 16.7. The molecule has 1 fully saturated rings. The number of hydrogen-bond acceptors (Lipinski definition) is 4. The minimum atomic E-state index is -0.136. The molecule has 7 heteroatoms. The second-order valence-electron chi connectivity index (χ2n) is 6.21.